The number of anilines is 2. The van der Waals surface area contributed by atoms with Gasteiger partial charge in [0.15, 0.2) is 11.6 Å². The zero-order valence-corrected chi connectivity index (χ0v) is 25.5. The lowest BCUT2D eigenvalue weighted by molar-refractivity contribution is -0.121. The Morgan fingerprint density at radius 1 is 1.10 bits per heavy atom. The predicted octanol–water partition coefficient (Wildman–Crippen LogP) is 4.37. The van der Waals surface area contributed by atoms with Gasteiger partial charge in [0.2, 0.25) is 17.4 Å². The van der Waals surface area contributed by atoms with E-state index in [4.69, 9.17) is 15.2 Å². The molecule has 1 unspecified atom stereocenters. The largest absolute Gasteiger partial charge is 0.485 e. The number of nitrogen functional groups attached to an aromatic ring is 1. The molecule has 2 aromatic carbocycles. The second-order valence-electron chi connectivity index (χ2n) is 11.5. The number of aromatic amines is 1. The Hall–Kier alpha value is -5.97. The molecule has 3 aromatic heterocycles. The first-order valence-electron chi connectivity index (χ1n) is 14.9. The molecule has 7 rings (SSSR count). The molecule has 0 aliphatic carbocycles. The van der Waals surface area contributed by atoms with Gasteiger partial charge in [-0.05, 0) is 55.8 Å². The van der Waals surface area contributed by atoms with Gasteiger partial charge in [0.25, 0.3) is 12.3 Å². The molecule has 5 N–H and O–H groups in total. The fraction of sp³-hybridized carbons (Fsp3) is 0.219. The molecule has 3 amide bonds. The Balaban J connectivity index is 1.19. The molecule has 5 heterocycles. The summed E-state index contributed by atoms with van der Waals surface area (Å²) in [5.74, 6) is -3.87. The van der Waals surface area contributed by atoms with Crippen LogP contribution in [0.15, 0.2) is 54.9 Å². The van der Waals surface area contributed by atoms with Crippen LogP contribution in [0.1, 0.15) is 28.0 Å². The van der Waals surface area contributed by atoms with Crippen molar-refractivity contribution in [2.24, 2.45) is 0 Å². The molecule has 13 nitrogen and oxygen atoms in total. The van der Waals surface area contributed by atoms with Gasteiger partial charge in [0, 0.05) is 23.5 Å². The maximum atomic E-state index is 14.1. The maximum Gasteiger partial charge on any atom is 0.329 e. The number of carbonyl (C=O) groups is 3. The average Bonchev–Trinajstić information content (AvgIpc) is 3.84. The number of aromatic nitrogens is 4. The van der Waals surface area contributed by atoms with E-state index >= 15 is 0 Å². The molecule has 5 aromatic rings. The fourth-order valence-electron chi connectivity index (χ4n) is 5.89. The summed E-state index contributed by atoms with van der Waals surface area (Å²) in [5, 5.41) is 10.3. The third kappa shape index (κ3) is 5.46. The minimum atomic E-state index is -2.84. The molecule has 0 saturated carbocycles. The first-order valence-corrected chi connectivity index (χ1v) is 14.9. The molecule has 0 bridgehead atoms. The summed E-state index contributed by atoms with van der Waals surface area (Å²) >= 11 is 0. The van der Waals surface area contributed by atoms with Crippen LogP contribution >= 0.6 is 0 Å². The van der Waals surface area contributed by atoms with Crippen LogP contribution in [0, 0.1) is 18.6 Å². The van der Waals surface area contributed by atoms with Crippen molar-refractivity contribution in [2.45, 2.75) is 25.3 Å². The summed E-state index contributed by atoms with van der Waals surface area (Å²) in [6, 6.07) is 8.16. The topological polar surface area (TPSA) is 169 Å². The molecule has 1 atom stereocenters. The summed E-state index contributed by atoms with van der Waals surface area (Å²) in [5.41, 5.74) is 6.31. The van der Waals surface area contributed by atoms with Crippen molar-refractivity contribution in [2.75, 3.05) is 30.3 Å². The van der Waals surface area contributed by atoms with E-state index in [2.05, 4.69) is 25.7 Å². The quantitative estimate of drug-likeness (QED) is 0.100. The number of nitrogens with one attached hydrogen (secondary N) is 3. The summed E-state index contributed by atoms with van der Waals surface area (Å²) in [6.07, 6.45) is 0.0686. The van der Waals surface area contributed by atoms with Crippen LogP contribution in [0.4, 0.5) is 33.9 Å². The second-order valence-corrected chi connectivity index (χ2v) is 11.5. The van der Waals surface area contributed by atoms with Gasteiger partial charge < -0.3 is 30.8 Å². The van der Waals surface area contributed by atoms with Gasteiger partial charge >= 0.3 is 6.03 Å². The van der Waals surface area contributed by atoms with Crippen molar-refractivity contribution in [3.05, 3.63) is 83.3 Å². The monoisotopic (exact) mass is 678 g/mol. The Kier molecular flexibility index (Phi) is 7.70. The molecular weight excluding hydrogens is 652 g/mol. The lowest BCUT2D eigenvalue weighted by Crippen LogP contribution is -2.48. The van der Waals surface area contributed by atoms with Crippen LogP contribution in [-0.4, -0.2) is 69.1 Å². The predicted molar refractivity (Wildman–Crippen MR) is 166 cm³/mol. The highest BCUT2D eigenvalue weighted by molar-refractivity contribution is 6.25. The smallest absolute Gasteiger partial charge is 0.329 e. The second kappa shape index (κ2) is 11.9. The fourth-order valence-corrected chi connectivity index (χ4v) is 5.89. The molecular formula is C32H26F4N8O5. The number of fused-ring (bicyclic) bond motifs is 1. The Morgan fingerprint density at radius 3 is 2.57 bits per heavy atom. The van der Waals surface area contributed by atoms with E-state index in [1.54, 1.807) is 6.92 Å². The van der Waals surface area contributed by atoms with Crippen molar-refractivity contribution >= 4 is 40.1 Å². The normalized spacial score (nSPS) is 17.5. The number of ether oxygens (including phenoxy) is 2. The van der Waals surface area contributed by atoms with Gasteiger partial charge in [0.05, 0.1) is 35.0 Å². The number of hydrogen-bond donors (Lipinski definition) is 4. The first kappa shape index (κ1) is 31.6. The molecule has 17 heteroatoms. The number of amides is 3. The standard InChI is InChI=1S/C32H26F4N8O5/c1-15-7-26(49-28-18(33)3-2-4-19(28)34)39-12-23(15)44-29(37)17(11-40-44)27(45)21-8-16-9-24(48-13-25(35)36)22(10-20(16)41-21)43-30(46)32(42-31(43)47)5-6-38-14-32/h2-4,7-12,25,38,41H,5-6,13-14,37H2,1H3,(H,42,47). The molecule has 0 radical (unpaired) electrons. The zero-order valence-electron chi connectivity index (χ0n) is 25.5. The molecule has 2 aliphatic heterocycles. The van der Waals surface area contributed by atoms with Crippen LogP contribution in [0.25, 0.3) is 16.6 Å². The van der Waals surface area contributed by atoms with Gasteiger partial charge in [-0.2, -0.15) is 5.10 Å². The minimum Gasteiger partial charge on any atom is -0.485 e. The maximum absolute atomic E-state index is 14.1. The van der Waals surface area contributed by atoms with Crippen LogP contribution in [0.2, 0.25) is 0 Å². The van der Waals surface area contributed by atoms with E-state index in [0.29, 0.717) is 35.1 Å². The number of nitrogens with two attached hydrogens (primary N) is 1. The van der Waals surface area contributed by atoms with E-state index in [1.165, 1.54) is 47.4 Å². The number of benzene rings is 2. The Bertz CT molecular complexity index is 2140. The van der Waals surface area contributed by atoms with E-state index < -0.39 is 53.7 Å². The zero-order chi connectivity index (χ0) is 34.6. The molecule has 2 fully saturated rings. The lowest BCUT2D eigenvalue weighted by atomic mass is 9.99. The molecule has 1 spiro atoms. The third-order valence-corrected chi connectivity index (χ3v) is 8.33. The molecule has 252 valence electrons. The Morgan fingerprint density at radius 2 is 1.88 bits per heavy atom. The number of pyridine rings is 1. The number of ketones is 1. The molecule has 2 saturated heterocycles. The van der Waals surface area contributed by atoms with E-state index in [1.807, 2.05) is 0 Å². The van der Waals surface area contributed by atoms with Crippen LogP contribution < -0.4 is 30.7 Å². The van der Waals surface area contributed by atoms with Crippen molar-refractivity contribution in [1.82, 2.24) is 30.4 Å². The summed E-state index contributed by atoms with van der Waals surface area (Å²) in [4.78, 5) is 48.0. The number of hydrogen-bond acceptors (Lipinski definition) is 9. The van der Waals surface area contributed by atoms with Crippen molar-refractivity contribution in [1.29, 1.82) is 0 Å². The van der Waals surface area contributed by atoms with Gasteiger partial charge in [-0.3, -0.25) is 9.59 Å². The number of rotatable bonds is 9. The average molecular weight is 679 g/mol. The number of para-hydroxylation sites is 1. The number of alkyl halides is 2. The highest BCUT2D eigenvalue weighted by Crippen LogP contribution is 2.39. The van der Waals surface area contributed by atoms with E-state index in [0.717, 1.165) is 17.0 Å². The van der Waals surface area contributed by atoms with Crippen molar-refractivity contribution in [3.8, 4) is 23.1 Å². The summed E-state index contributed by atoms with van der Waals surface area (Å²) in [7, 11) is 0. The van der Waals surface area contributed by atoms with Gasteiger partial charge in [-0.1, -0.05) is 6.07 Å². The SMILES string of the molecule is Cc1cc(Oc2c(F)cccc2F)ncc1-n1ncc(C(=O)c2cc3cc(OCC(F)F)c(N4C(=O)NC5(CCNC5)C4=O)cc3[nH]2)c1N. The van der Waals surface area contributed by atoms with E-state index in [9.17, 15) is 31.9 Å². The highest BCUT2D eigenvalue weighted by Gasteiger charge is 2.53. The molecule has 2 aliphatic rings. The number of aryl methyl sites for hydroxylation is 1. The number of imide groups is 1. The number of nitrogens with zero attached hydrogens (tertiary/aromatic N) is 4. The third-order valence-electron chi connectivity index (χ3n) is 8.33. The van der Waals surface area contributed by atoms with Crippen LogP contribution in [0.3, 0.4) is 0 Å². The van der Waals surface area contributed by atoms with Gasteiger partial charge in [-0.25, -0.2) is 36.9 Å². The summed E-state index contributed by atoms with van der Waals surface area (Å²) < 4.78 is 66.3. The highest BCUT2D eigenvalue weighted by atomic mass is 19.3. The van der Waals surface area contributed by atoms with Crippen LogP contribution in [-0.2, 0) is 4.79 Å². The van der Waals surface area contributed by atoms with Crippen molar-refractivity contribution < 1.29 is 41.4 Å². The lowest BCUT2D eigenvalue weighted by Gasteiger charge is -2.21. The minimum absolute atomic E-state index is 0.00104. The first-order chi connectivity index (χ1) is 23.5. The summed E-state index contributed by atoms with van der Waals surface area (Å²) in [6.45, 7) is 1.37. The van der Waals surface area contributed by atoms with Crippen molar-refractivity contribution in [3.63, 3.8) is 0 Å². The number of carbonyl (C=O) groups excluding carboxylic acids is 3. The van der Waals surface area contributed by atoms with E-state index in [-0.39, 0.29) is 40.9 Å². The number of urea groups is 1. The van der Waals surface area contributed by atoms with Gasteiger partial charge in [0.1, 0.15) is 23.7 Å². The Labute approximate surface area is 274 Å². The van der Waals surface area contributed by atoms with Crippen LogP contribution in [0.5, 0.6) is 17.4 Å². The number of H-pyrrole nitrogens is 1. The number of halogens is 4. The molecule has 49 heavy (non-hydrogen) atoms. The van der Waals surface area contributed by atoms with Gasteiger partial charge in [-0.15, -0.1) is 0 Å².